The maximum Gasteiger partial charge on any atom is 0.261 e. The summed E-state index contributed by atoms with van der Waals surface area (Å²) in [5.41, 5.74) is 1.11. The highest BCUT2D eigenvalue weighted by molar-refractivity contribution is 6.21. The molecular formula is C21H21FN6O3. The number of anilines is 3. The van der Waals surface area contributed by atoms with E-state index in [4.69, 9.17) is 0 Å². The molecule has 1 aromatic carbocycles. The van der Waals surface area contributed by atoms with Gasteiger partial charge in [0.1, 0.15) is 0 Å². The van der Waals surface area contributed by atoms with Gasteiger partial charge < -0.3 is 15.5 Å². The molecule has 2 aliphatic rings. The maximum absolute atomic E-state index is 14.3. The minimum absolute atomic E-state index is 0.0162. The second-order valence-electron chi connectivity index (χ2n) is 7.42. The van der Waals surface area contributed by atoms with Crippen molar-refractivity contribution in [3.63, 3.8) is 0 Å². The van der Waals surface area contributed by atoms with Crippen LogP contribution in [0.1, 0.15) is 33.6 Å². The van der Waals surface area contributed by atoms with E-state index < -0.39 is 5.82 Å². The van der Waals surface area contributed by atoms with E-state index in [1.807, 2.05) is 0 Å². The molecule has 9 nitrogen and oxygen atoms in total. The summed E-state index contributed by atoms with van der Waals surface area (Å²) in [6.07, 6.45) is 3.86. The predicted molar refractivity (Wildman–Crippen MR) is 112 cm³/mol. The van der Waals surface area contributed by atoms with Gasteiger partial charge in [-0.3, -0.25) is 19.3 Å². The molecule has 10 heteroatoms. The fraction of sp³-hybridized carbons (Fsp3) is 0.286. The number of piperidine rings is 1. The molecule has 0 bridgehead atoms. The minimum atomic E-state index is -0.617. The average molecular weight is 424 g/mol. The normalized spacial score (nSPS) is 18.1. The Morgan fingerprint density at radius 2 is 2.06 bits per heavy atom. The van der Waals surface area contributed by atoms with Crippen LogP contribution in [0.3, 0.4) is 0 Å². The first-order valence-corrected chi connectivity index (χ1v) is 9.81. The van der Waals surface area contributed by atoms with Crippen molar-refractivity contribution in [2.75, 3.05) is 30.8 Å². The van der Waals surface area contributed by atoms with Crippen LogP contribution in [0.15, 0.2) is 37.1 Å². The Morgan fingerprint density at radius 3 is 2.84 bits per heavy atom. The summed E-state index contributed by atoms with van der Waals surface area (Å²) in [4.78, 5) is 46.9. The van der Waals surface area contributed by atoms with Crippen LogP contribution in [-0.2, 0) is 4.79 Å². The summed E-state index contributed by atoms with van der Waals surface area (Å²) in [5.74, 6) is -1.37. The molecule has 0 unspecified atom stereocenters. The summed E-state index contributed by atoms with van der Waals surface area (Å²) >= 11 is 0. The molecule has 1 atom stereocenters. The highest BCUT2D eigenvalue weighted by Gasteiger charge is 2.32. The van der Waals surface area contributed by atoms with Gasteiger partial charge in [0.15, 0.2) is 11.6 Å². The Balaban J connectivity index is 1.50. The molecule has 31 heavy (non-hydrogen) atoms. The van der Waals surface area contributed by atoms with Gasteiger partial charge in [-0.25, -0.2) is 9.37 Å². The number of likely N-dealkylation sites (tertiary alicyclic amines) is 1. The molecule has 0 saturated carbocycles. The lowest BCUT2D eigenvalue weighted by atomic mass is 10.1. The number of benzene rings is 1. The van der Waals surface area contributed by atoms with Crippen LogP contribution in [-0.4, -0.2) is 63.7 Å². The summed E-state index contributed by atoms with van der Waals surface area (Å²) in [6.45, 7) is 4.56. The number of hydrogen-bond donors (Lipinski definition) is 2. The first-order chi connectivity index (χ1) is 14.9. The number of carbonyl (C=O) groups is 3. The lowest BCUT2D eigenvalue weighted by Gasteiger charge is -2.32. The first kappa shape index (κ1) is 20.5. The Kier molecular flexibility index (Phi) is 5.37. The van der Waals surface area contributed by atoms with Gasteiger partial charge in [0.2, 0.25) is 11.9 Å². The van der Waals surface area contributed by atoms with Crippen molar-refractivity contribution >= 4 is 35.2 Å². The third kappa shape index (κ3) is 3.96. The average Bonchev–Trinajstić information content (AvgIpc) is 2.99. The molecule has 3 heterocycles. The van der Waals surface area contributed by atoms with Crippen molar-refractivity contribution in [1.29, 1.82) is 0 Å². The second-order valence-corrected chi connectivity index (χ2v) is 7.42. The minimum Gasteiger partial charge on any atom is -0.363 e. The Morgan fingerprint density at radius 1 is 1.29 bits per heavy atom. The smallest absolute Gasteiger partial charge is 0.261 e. The molecule has 4 rings (SSSR count). The zero-order valence-electron chi connectivity index (χ0n) is 16.9. The molecular weight excluding hydrogens is 403 g/mol. The van der Waals surface area contributed by atoms with Gasteiger partial charge >= 0.3 is 0 Å². The number of fused-ring (bicyclic) bond motifs is 1. The van der Waals surface area contributed by atoms with Crippen molar-refractivity contribution in [2.24, 2.45) is 0 Å². The van der Waals surface area contributed by atoms with Crippen molar-refractivity contribution in [3.05, 3.63) is 54.0 Å². The van der Waals surface area contributed by atoms with E-state index >= 15 is 0 Å². The number of nitrogens with one attached hydrogen (secondary N) is 2. The highest BCUT2D eigenvalue weighted by atomic mass is 19.1. The molecule has 3 amide bonds. The predicted octanol–water partition coefficient (Wildman–Crippen LogP) is 2.17. The van der Waals surface area contributed by atoms with Crippen LogP contribution in [0.2, 0.25) is 0 Å². The molecule has 0 aliphatic carbocycles. The Bertz CT molecular complexity index is 1090. The van der Waals surface area contributed by atoms with Crippen LogP contribution in [0.4, 0.5) is 21.8 Å². The maximum atomic E-state index is 14.3. The van der Waals surface area contributed by atoms with E-state index in [-0.39, 0.29) is 41.1 Å². The lowest BCUT2D eigenvalue weighted by molar-refractivity contribution is -0.127. The van der Waals surface area contributed by atoms with Crippen LogP contribution >= 0.6 is 0 Å². The van der Waals surface area contributed by atoms with E-state index in [9.17, 15) is 18.8 Å². The summed E-state index contributed by atoms with van der Waals surface area (Å²) < 4.78 is 14.3. The molecule has 2 aromatic rings. The van der Waals surface area contributed by atoms with Gasteiger partial charge in [-0.15, -0.1) is 0 Å². The number of imide groups is 1. The van der Waals surface area contributed by atoms with E-state index in [0.29, 0.717) is 24.3 Å². The molecule has 2 aliphatic heterocycles. The number of carbonyl (C=O) groups excluding carboxylic acids is 3. The number of rotatable bonds is 5. The Labute approximate surface area is 178 Å². The highest BCUT2D eigenvalue weighted by Crippen LogP contribution is 2.26. The van der Waals surface area contributed by atoms with Crippen molar-refractivity contribution in [1.82, 2.24) is 19.8 Å². The molecule has 1 saturated heterocycles. The summed E-state index contributed by atoms with van der Waals surface area (Å²) in [5, 5.41) is 5.98. The van der Waals surface area contributed by atoms with Gasteiger partial charge in [-0.05, 0) is 37.1 Å². The van der Waals surface area contributed by atoms with E-state index in [1.165, 1.54) is 13.1 Å². The zero-order valence-corrected chi connectivity index (χ0v) is 16.9. The van der Waals surface area contributed by atoms with Crippen molar-refractivity contribution < 1.29 is 18.8 Å². The van der Waals surface area contributed by atoms with Crippen molar-refractivity contribution in [3.8, 4) is 0 Å². The van der Waals surface area contributed by atoms with E-state index in [0.717, 1.165) is 23.9 Å². The number of halogens is 1. The molecule has 2 N–H and O–H groups in total. The number of nitrogens with zero attached hydrogens (tertiary/aromatic N) is 4. The van der Waals surface area contributed by atoms with Gasteiger partial charge in [-0.1, -0.05) is 6.58 Å². The number of aromatic nitrogens is 2. The fourth-order valence-electron chi connectivity index (χ4n) is 3.71. The van der Waals surface area contributed by atoms with Gasteiger partial charge in [-0.2, -0.15) is 4.98 Å². The molecule has 0 radical (unpaired) electrons. The first-order valence-electron chi connectivity index (χ1n) is 9.81. The molecule has 160 valence electrons. The second kappa shape index (κ2) is 8.13. The van der Waals surface area contributed by atoms with Crippen LogP contribution in [0.25, 0.3) is 0 Å². The van der Waals surface area contributed by atoms with Gasteiger partial charge in [0.25, 0.3) is 11.8 Å². The Hall–Kier alpha value is -3.82. The van der Waals surface area contributed by atoms with Crippen molar-refractivity contribution in [2.45, 2.75) is 18.9 Å². The third-order valence-corrected chi connectivity index (χ3v) is 5.34. The zero-order chi connectivity index (χ0) is 22.1. The summed E-state index contributed by atoms with van der Waals surface area (Å²) in [6, 6.07) is 4.56. The van der Waals surface area contributed by atoms with Crippen LogP contribution in [0.5, 0.6) is 0 Å². The largest absolute Gasteiger partial charge is 0.363 e. The van der Waals surface area contributed by atoms with Crippen LogP contribution in [0, 0.1) is 5.82 Å². The topological polar surface area (TPSA) is 108 Å². The van der Waals surface area contributed by atoms with E-state index in [2.05, 4.69) is 27.2 Å². The van der Waals surface area contributed by atoms with Crippen LogP contribution < -0.4 is 10.6 Å². The fourth-order valence-corrected chi connectivity index (χ4v) is 3.71. The summed E-state index contributed by atoms with van der Waals surface area (Å²) in [7, 11) is 1.42. The monoisotopic (exact) mass is 424 g/mol. The standard InChI is InChI=1S/C21H21FN6O3/c1-3-17(29)28-8-4-5-13(11-28)24-18-16(22)10-23-21(26-18)25-12-6-7-14-15(9-12)20(31)27(2)19(14)30/h3,6-7,9-10,13H,1,4-5,8,11H2,2H3,(H2,23,24,25,26)/t13-/m1/s1. The van der Waals surface area contributed by atoms with Gasteiger partial charge in [0, 0.05) is 31.9 Å². The molecule has 1 aromatic heterocycles. The van der Waals surface area contributed by atoms with Gasteiger partial charge in [0.05, 0.1) is 17.3 Å². The number of amides is 3. The third-order valence-electron chi connectivity index (χ3n) is 5.34. The number of hydrogen-bond acceptors (Lipinski definition) is 7. The molecule has 1 fully saturated rings. The quantitative estimate of drug-likeness (QED) is 0.560. The van der Waals surface area contributed by atoms with E-state index in [1.54, 1.807) is 23.1 Å². The molecule has 0 spiro atoms. The SMILES string of the molecule is C=CC(=O)N1CCC[C@@H](Nc2nc(Nc3ccc4c(c3)C(=O)N(C)C4=O)ncc2F)C1. The lowest BCUT2D eigenvalue weighted by Crippen LogP contribution is -2.44.